The number of carbonyl (C=O) groups is 2. The van der Waals surface area contributed by atoms with Gasteiger partial charge in [-0.25, -0.2) is 12.7 Å². The molecule has 1 fully saturated rings. The quantitative estimate of drug-likeness (QED) is 0.678. The molecule has 1 unspecified atom stereocenters. The van der Waals surface area contributed by atoms with Gasteiger partial charge in [-0.1, -0.05) is 34.8 Å². The Bertz CT molecular complexity index is 1000. The fraction of sp³-hybridized carbons (Fsp3) is 0.263. The van der Waals surface area contributed by atoms with Gasteiger partial charge in [-0.15, -0.1) is 0 Å². The summed E-state index contributed by atoms with van der Waals surface area (Å²) in [6.07, 6.45) is 0.616. The number of benzene rings is 2. The minimum atomic E-state index is -4.17. The molecule has 9 heteroatoms. The molecule has 2 aromatic carbocycles. The highest BCUT2D eigenvalue weighted by molar-refractivity contribution is 7.89. The first kappa shape index (κ1) is 21.1. The van der Waals surface area contributed by atoms with Crippen LogP contribution in [0.3, 0.4) is 0 Å². The van der Waals surface area contributed by atoms with E-state index in [1.807, 2.05) is 0 Å². The van der Waals surface area contributed by atoms with Crippen LogP contribution in [0.5, 0.6) is 0 Å². The van der Waals surface area contributed by atoms with E-state index in [0.717, 1.165) is 0 Å². The summed E-state index contributed by atoms with van der Waals surface area (Å²) in [7, 11) is -4.17. The zero-order valence-electron chi connectivity index (χ0n) is 14.6. The second-order valence-corrected chi connectivity index (χ2v) is 9.73. The first-order valence-electron chi connectivity index (χ1n) is 8.45. The standard InChI is InChI=1S/C19H16Cl3NO4S/c20-14-2-5-18(6-3-14)28(26,27)23-11-17(24)4-1-13(19(23)25)7-12-8-15(21)10-16(22)9-12/h2-3,5-6,8-10,13H,1,4,7,11H2. The van der Waals surface area contributed by atoms with Crippen LogP contribution in [0.2, 0.25) is 15.1 Å². The molecular weight excluding hydrogens is 445 g/mol. The number of hydrogen-bond donors (Lipinski definition) is 0. The fourth-order valence-corrected chi connectivity index (χ4v) is 5.25. The van der Waals surface area contributed by atoms with E-state index in [2.05, 4.69) is 0 Å². The summed E-state index contributed by atoms with van der Waals surface area (Å²) in [6.45, 7) is -0.476. The third-order valence-electron chi connectivity index (χ3n) is 4.49. The van der Waals surface area contributed by atoms with Gasteiger partial charge in [0.15, 0.2) is 5.78 Å². The van der Waals surface area contributed by atoms with Crippen LogP contribution in [0.4, 0.5) is 0 Å². The second kappa shape index (κ2) is 8.41. The highest BCUT2D eigenvalue weighted by atomic mass is 35.5. The average Bonchev–Trinajstić information content (AvgIpc) is 2.75. The molecule has 148 valence electrons. The molecule has 1 heterocycles. The van der Waals surface area contributed by atoms with Gasteiger partial charge in [-0.2, -0.15) is 0 Å². The number of amides is 1. The molecule has 0 aromatic heterocycles. The fourth-order valence-electron chi connectivity index (χ4n) is 3.12. The third-order valence-corrected chi connectivity index (χ3v) is 6.94. The zero-order chi connectivity index (χ0) is 20.5. The van der Waals surface area contributed by atoms with Crippen molar-refractivity contribution in [3.63, 3.8) is 0 Å². The number of ketones is 1. The summed E-state index contributed by atoms with van der Waals surface area (Å²) in [4.78, 5) is 25.1. The second-order valence-electron chi connectivity index (χ2n) is 6.56. The maximum absolute atomic E-state index is 13.1. The molecule has 1 saturated heterocycles. The lowest BCUT2D eigenvalue weighted by Gasteiger charge is -2.23. The number of rotatable bonds is 4. The van der Waals surface area contributed by atoms with Crippen LogP contribution in [0, 0.1) is 5.92 Å². The topological polar surface area (TPSA) is 71.5 Å². The smallest absolute Gasteiger partial charge is 0.266 e. The largest absolute Gasteiger partial charge is 0.298 e. The Hall–Kier alpha value is -1.60. The molecule has 2 aromatic rings. The molecule has 1 aliphatic heterocycles. The number of carbonyl (C=O) groups excluding carboxylic acids is 2. The van der Waals surface area contributed by atoms with Crippen molar-refractivity contribution in [1.29, 1.82) is 0 Å². The van der Waals surface area contributed by atoms with Crippen molar-refractivity contribution in [1.82, 2.24) is 4.31 Å². The molecule has 0 radical (unpaired) electrons. The summed E-state index contributed by atoms with van der Waals surface area (Å²) in [5.41, 5.74) is 0.703. The van der Waals surface area contributed by atoms with Crippen molar-refractivity contribution in [2.75, 3.05) is 6.54 Å². The molecule has 1 atom stereocenters. The van der Waals surface area contributed by atoms with E-state index in [-0.39, 0.29) is 29.9 Å². The van der Waals surface area contributed by atoms with Gasteiger partial charge < -0.3 is 0 Å². The van der Waals surface area contributed by atoms with Crippen LogP contribution < -0.4 is 0 Å². The molecular formula is C19H16Cl3NO4S. The summed E-state index contributed by atoms with van der Waals surface area (Å²) in [5, 5.41) is 1.21. The summed E-state index contributed by atoms with van der Waals surface area (Å²) >= 11 is 17.8. The minimum absolute atomic E-state index is 0.0931. The van der Waals surface area contributed by atoms with E-state index in [4.69, 9.17) is 34.8 Å². The minimum Gasteiger partial charge on any atom is -0.298 e. The summed E-state index contributed by atoms with van der Waals surface area (Å²) in [6, 6.07) is 10.4. The predicted octanol–water partition coefficient (Wildman–Crippen LogP) is 4.39. The maximum Gasteiger partial charge on any atom is 0.266 e. The van der Waals surface area contributed by atoms with Gasteiger partial charge in [-0.05, 0) is 60.9 Å². The van der Waals surface area contributed by atoms with Crippen LogP contribution in [-0.2, 0) is 26.0 Å². The van der Waals surface area contributed by atoms with E-state index < -0.39 is 28.4 Å². The van der Waals surface area contributed by atoms with Gasteiger partial charge in [0.05, 0.1) is 11.4 Å². The van der Waals surface area contributed by atoms with Crippen molar-refractivity contribution < 1.29 is 18.0 Å². The van der Waals surface area contributed by atoms with E-state index in [9.17, 15) is 18.0 Å². The van der Waals surface area contributed by atoms with Crippen LogP contribution in [0.15, 0.2) is 47.4 Å². The van der Waals surface area contributed by atoms with Gasteiger partial charge >= 0.3 is 0 Å². The predicted molar refractivity (Wildman–Crippen MR) is 108 cm³/mol. The Labute approximate surface area is 178 Å². The molecule has 0 bridgehead atoms. The van der Waals surface area contributed by atoms with Gasteiger partial charge in [-0.3, -0.25) is 9.59 Å². The number of Topliss-reactive ketones (excluding diaryl/α,β-unsaturated/α-hetero) is 1. The van der Waals surface area contributed by atoms with Crippen molar-refractivity contribution in [2.45, 2.75) is 24.2 Å². The molecule has 1 aliphatic rings. The lowest BCUT2D eigenvalue weighted by molar-refractivity contribution is -0.131. The normalized spacial score (nSPS) is 18.2. The van der Waals surface area contributed by atoms with Crippen LogP contribution >= 0.6 is 34.8 Å². The molecule has 28 heavy (non-hydrogen) atoms. The maximum atomic E-state index is 13.1. The van der Waals surface area contributed by atoms with Crippen molar-refractivity contribution in [2.24, 2.45) is 5.92 Å². The zero-order valence-corrected chi connectivity index (χ0v) is 17.7. The summed E-state index contributed by atoms with van der Waals surface area (Å²) < 4.78 is 26.6. The van der Waals surface area contributed by atoms with E-state index >= 15 is 0 Å². The Morgan fingerprint density at radius 1 is 0.929 bits per heavy atom. The first-order valence-corrected chi connectivity index (χ1v) is 11.0. The highest BCUT2D eigenvalue weighted by Crippen LogP contribution is 2.28. The Morgan fingerprint density at radius 2 is 1.54 bits per heavy atom. The van der Waals surface area contributed by atoms with Crippen LogP contribution in [0.25, 0.3) is 0 Å². The summed E-state index contributed by atoms with van der Waals surface area (Å²) in [5.74, 6) is -1.60. The Balaban J connectivity index is 1.93. The van der Waals surface area contributed by atoms with E-state index in [1.165, 1.54) is 24.3 Å². The third kappa shape index (κ3) is 4.69. The molecule has 1 amide bonds. The van der Waals surface area contributed by atoms with E-state index in [0.29, 0.717) is 24.9 Å². The molecule has 3 rings (SSSR count). The van der Waals surface area contributed by atoms with Crippen LogP contribution in [0.1, 0.15) is 18.4 Å². The van der Waals surface area contributed by atoms with Crippen molar-refractivity contribution in [3.8, 4) is 0 Å². The highest BCUT2D eigenvalue weighted by Gasteiger charge is 2.38. The number of sulfonamides is 1. The van der Waals surface area contributed by atoms with Crippen LogP contribution in [-0.4, -0.2) is 31.0 Å². The average molecular weight is 461 g/mol. The molecule has 0 spiro atoms. The number of halogens is 3. The van der Waals surface area contributed by atoms with Gasteiger partial charge in [0.2, 0.25) is 5.91 Å². The molecule has 0 N–H and O–H groups in total. The SMILES string of the molecule is O=C1CCC(Cc2cc(Cl)cc(Cl)c2)C(=O)N(S(=O)(=O)c2ccc(Cl)cc2)C1. The molecule has 0 aliphatic carbocycles. The van der Waals surface area contributed by atoms with Crippen molar-refractivity contribution in [3.05, 3.63) is 63.1 Å². The number of hydrogen-bond acceptors (Lipinski definition) is 4. The molecule has 5 nitrogen and oxygen atoms in total. The lowest BCUT2D eigenvalue weighted by atomic mass is 9.94. The van der Waals surface area contributed by atoms with E-state index in [1.54, 1.807) is 18.2 Å². The Morgan fingerprint density at radius 3 is 2.14 bits per heavy atom. The number of nitrogens with zero attached hydrogens (tertiary/aromatic N) is 1. The van der Waals surface area contributed by atoms with Gasteiger partial charge in [0, 0.05) is 27.4 Å². The lowest BCUT2D eigenvalue weighted by Crippen LogP contribution is -2.42. The Kier molecular flexibility index (Phi) is 6.34. The molecule has 0 saturated carbocycles. The van der Waals surface area contributed by atoms with Gasteiger partial charge in [0.25, 0.3) is 10.0 Å². The first-order chi connectivity index (χ1) is 13.2. The van der Waals surface area contributed by atoms with Crippen molar-refractivity contribution >= 4 is 56.5 Å². The van der Waals surface area contributed by atoms with Gasteiger partial charge in [0.1, 0.15) is 0 Å². The monoisotopic (exact) mass is 459 g/mol.